The molecular formula is C17H31P3. The van der Waals surface area contributed by atoms with Crippen LogP contribution < -0.4 is 0 Å². The summed E-state index contributed by atoms with van der Waals surface area (Å²) in [5, 5.41) is 0. The van der Waals surface area contributed by atoms with E-state index in [9.17, 15) is 0 Å². The van der Waals surface area contributed by atoms with E-state index in [1.54, 1.807) is 11.1 Å². The molecule has 1 aromatic carbocycles. The smallest absolute Gasteiger partial charge is 0.00976 e. The van der Waals surface area contributed by atoms with Crippen LogP contribution in [-0.4, -0.2) is 12.3 Å². The van der Waals surface area contributed by atoms with Gasteiger partial charge in [0.15, 0.2) is 0 Å². The fourth-order valence-corrected chi connectivity index (χ4v) is 5.22. The number of unbranched alkanes of at least 4 members (excludes halogenated alkanes) is 2. The third-order valence-electron chi connectivity index (χ3n) is 3.55. The molecule has 0 aromatic heterocycles. The predicted molar refractivity (Wildman–Crippen MR) is 103 cm³/mol. The molecule has 0 radical (unpaired) electrons. The molecule has 0 aliphatic heterocycles. The first kappa shape index (κ1) is 18.6. The number of benzene rings is 1. The van der Waals surface area contributed by atoms with Crippen LogP contribution in [0.5, 0.6) is 0 Å². The van der Waals surface area contributed by atoms with E-state index in [2.05, 4.69) is 41.3 Å². The summed E-state index contributed by atoms with van der Waals surface area (Å²) < 4.78 is 0. The summed E-state index contributed by atoms with van der Waals surface area (Å²) >= 11 is 0. The van der Waals surface area contributed by atoms with Crippen molar-refractivity contribution in [2.45, 2.75) is 58.0 Å². The van der Waals surface area contributed by atoms with Crippen LogP contribution >= 0.6 is 26.4 Å². The van der Waals surface area contributed by atoms with E-state index in [1.807, 2.05) is 0 Å². The highest BCUT2D eigenvalue weighted by molar-refractivity contribution is 7.37. The van der Waals surface area contributed by atoms with E-state index in [4.69, 9.17) is 0 Å². The molecule has 0 aliphatic carbocycles. The first-order chi connectivity index (χ1) is 9.81. The van der Waals surface area contributed by atoms with E-state index < -0.39 is 0 Å². The van der Waals surface area contributed by atoms with Crippen molar-refractivity contribution in [3.05, 3.63) is 34.9 Å². The number of rotatable bonds is 11. The van der Waals surface area contributed by atoms with Gasteiger partial charge >= 0.3 is 0 Å². The maximum absolute atomic E-state index is 2.85. The minimum Gasteiger partial charge on any atom is -0.133 e. The van der Waals surface area contributed by atoms with Crippen molar-refractivity contribution in [1.29, 1.82) is 0 Å². The Morgan fingerprint density at radius 1 is 0.900 bits per heavy atom. The molecule has 0 nitrogen and oxygen atoms in total. The Labute approximate surface area is 132 Å². The van der Waals surface area contributed by atoms with Crippen LogP contribution in [0.4, 0.5) is 0 Å². The van der Waals surface area contributed by atoms with E-state index in [-0.39, 0.29) is 0 Å². The van der Waals surface area contributed by atoms with Gasteiger partial charge in [-0.2, -0.15) is 0 Å². The van der Waals surface area contributed by atoms with Crippen molar-refractivity contribution < 1.29 is 0 Å². The lowest BCUT2D eigenvalue weighted by atomic mass is 10.1. The fraction of sp³-hybridized carbons (Fsp3) is 0.647. The maximum Gasteiger partial charge on any atom is -0.00976 e. The van der Waals surface area contributed by atoms with Gasteiger partial charge in [0, 0.05) is 0 Å². The summed E-state index contributed by atoms with van der Waals surface area (Å²) in [5.41, 5.74) is 4.75. The zero-order chi connectivity index (χ0) is 14.6. The molecule has 1 rings (SSSR count). The third kappa shape index (κ3) is 7.50. The van der Waals surface area contributed by atoms with Crippen molar-refractivity contribution in [3.63, 3.8) is 0 Å². The van der Waals surface area contributed by atoms with Gasteiger partial charge in [-0.25, -0.2) is 0 Å². The lowest BCUT2D eigenvalue weighted by molar-refractivity contribution is 0.892. The third-order valence-corrected chi connectivity index (χ3v) is 6.70. The molecule has 0 N–H and O–H groups in total. The van der Waals surface area contributed by atoms with E-state index in [0.717, 1.165) is 23.3 Å². The predicted octanol–water partition coefficient (Wildman–Crippen LogP) is 6.02. The lowest BCUT2D eigenvalue weighted by Crippen LogP contribution is -1.93. The van der Waals surface area contributed by atoms with Crippen LogP contribution in [0.15, 0.2) is 18.2 Å². The second-order valence-electron chi connectivity index (χ2n) is 5.37. The molecule has 3 unspecified atom stereocenters. The second kappa shape index (κ2) is 12.1. The van der Waals surface area contributed by atoms with Gasteiger partial charge in [-0.05, 0) is 60.3 Å². The maximum atomic E-state index is 2.85. The molecule has 1 aromatic rings. The normalized spacial score (nSPS) is 12.2. The molecule has 3 heteroatoms. The van der Waals surface area contributed by atoms with E-state index in [1.165, 1.54) is 55.9 Å². The molecule has 114 valence electrons. The van der Waals surface area contributed by atoms with Crippen LogP contribution in [0.25, 0.3) is 0 Å². The van der Waals surface area contributed by atoms with E-state index in [0.29, 0.717) is 0 Å². The highest BCUT2D eigenvalue weighted by atomic mass is 31.1. The van der Waals surface area contributed by atoms with Crippen molar-refractivity contribution in [3.8, 4) is 0 Å². The molecule has 0 saturated heterocycles. The minimum absolute atomic E-state index is 1.09. The van der Waals surface area contributed by atoms with Crippen LogP contribution in [0.1, 0.15) is 56.2 Å². The van der Waals surface area contributed by atoms with Gasteiger partial charge in [0.2, 0.25) is 0 Å². The van der Waals surface area contributed by atoms with Gasteiger partial charge in [0.05, 0.1) is 0 Å². The molecule has 0 fully saturated rings. The van der Waals surface area contributed by atoms with Crippen molar-refractivity contribution >= 4 is 26.4 Å². The summed E-state index contributed by atoms with van der Waals surface area (Å²) in [7, 11) is 5.08. The summed E-state index contributed by atoms with van der Waals surface area (Å²) in [6, 6.07) is 7.19. The second-order valence-corrected chi connectivity index (χ2v) is 8.48. The van der Waals surface area contributed by atoms with Crippen LogP contribution in [0, 0.1) is 0 Å². The molecule has 20 heavy (non-hydrogen) atoms. The Hall–Kier alpha value is 0.510. The van der Waals surface area contributed by atoms with Gasteiger partial charge in [-0.3, -0.25) is 0 Å². The van der Waals surface area contributed by atoms with Gasteiger partial charge in [0.1, 0.15) is 0 Å². The van der Waals surface area contributed by atoms with E-state index >= 15 is 0 Å². The highest BCUT2D eigenvalue weighted by Crippen LogP contribution is 2.29. The molecular weight excluding hydrogens is 297 g/mol. The molecule has 0 bridgehead atoms. The molecule has 3 atom stereocenters. The first-order valence-electron chi connectivity index (χ1n) is 8.04. The molecule has 0 heterocycles. The summed E-state index contributed by atoms with van der Waals surface area (Å²) in [6.45, 7) is 4.58. The quantitative estimate of drug-likeness (QED) is 0.344. The monoisotopic (exact) mass is 328 g/mol. The molecule has 0 spiro atoms. The van der Waals surface area contributed by atoms with Crippen LogP contribution in [0.3, 0.4) is 0 Å². The Kier molecular flexibility index (Phi) is 11.2. The van der Waals surface area contributed by atoms with Gasteiger partial charge in [-0.15, -0.1) is 26.4 Å². The SMILES string of the molecule is CCCCPCc1ccc(CP)cc1CPCCCC. The molecule has 0 amide bonds. The van der Waals surface area contributed by atoms with Gasteiger partial charge in [0.25, 0.3) is 0 Å². The lowest BCUT2D eigenvalue weighted by Gasteiger charge is -2.12. The summed E-state index contributed by atoms with van der Waals surface area (Å²) in [5.74, 6) is 0. The topological polar surface area (TPSA) is 0 Å². The van der Waals surface area contributed by atoms with Crippen molar-refractivity contribution in [2.24, 2.45) is 0 Å². The Balaban J connectivity index is 2.56. The number of hydrogen-bond acceptors (Lipinski definition) is 0. The zero-order valence-corrected chi connectivity index (χ0v) is 16.3. The zero-order valence-electron chi connectivity index (χ0n) is 13.2. The Morgan fingerprint density at radius 3 is 2.05 bits per heavy atom. The molecule has 0 saturated carbocycles. The number of hydrogen-bond donors (Lipinski definition) is 0. The minimum atomic E-state index is 1.09. The first-order valence-corrected chi connectivity index (χ1v) is 11.7. The standard InChI is InChI=1S/C17H31P3/c1-3-5-9-19-13-16-8-7-15(12-18)11-17(16)14-20-10-6-4-2/h7-8,11,19-20H,3-6,9-10,12-14,18H2,1-2H3. The van der Waals surface area contributed by atoms with Crippen LogP contribution in [-0.2, 0) is 18.5 Å². The van der Waals surface area contributed by atoms with Gasteiger partial charge in [-0.1, -0.05) is 44.9 Å². The highest BCUT2D eigenvalue weighted by Gasteiger charge is 2.04. The van der Waals surface area contributed by atoms with Crippen LogP contribution in [0.2, 0.25) is 0 Å². The largest absolute Gasteiger partial charge is 0.133 e. The Morgan fingerprint density at radius 2 is 1.50 bits per heavy atom. The molecule has 0 aliphatic rings. The fourth-order valence-electron chi connectivity index (χ4n) is 2.19. The van der Waals surface area contributed by atoms with Crippen molar-refractivity contribution in [2.75, 3.05) is 12.3 Å². The van der Waals surface area contributed by atoms with Crippen molar-refractivity contribution in [1.82, 2.24) is 0 Å². The average molecular weight is 328 g/mol. The van der Waals surface area contributed by atoms with Gasteiger partial charge < -0.3 is 0 Å². The summed E-state index contributed by atoms with van der Waals surface area (Å²) in [4.78, 5) is 0. The average Bonchev–Trinajstić information content (AvgIpc) is 2.49. The Bertz CT molecular complexity index is 363. The summed E-state index contributed by atoms with van der Waals surface area (Å²) in [6.07, 6.45) is 12.0.